The summed E-state index contributed by atoms with van der Waals surface area (Å²) in [4.78, 5) is 16.1. The Morgan fingerprint density at radius 1 is 1.43 bits per heavy atom. The van der Waals surface area contributed by atoms with Crippen LogP contribution in [0.2, 0.25) is 0 Å². The smallest absolute Gasteiger partial charge is 0.222 e. The summed E-state index contributed by atoms with van der Waals surface area (Å²) in [6.45, 7) is 5.75. The third-order valence-corrected chi connectivity index (χ3v) is 3.33. The number of nitrogens with one attached hydrogen (secondary N) is 1. The first-order chi connectivity index (χ1) is 10.0. The van der Waals surface area contributed by atoms with Gasteiger partial charge in [0, 0.05) is 29.9 Å². The molecule has 114 valence electrons. The van der Waals surface area contributed by atoms with E-state index in [2.05, 4.69) is 40.1 Å². The first-order valence-corrected chi connectivity index (χ1v) is 7.81. The molecule has 21 heavy (non-hydrogen) atoms. The molecule has 0 saturated carbocycles. The van der Waals surface area contributed by atoms with Crippen LogP contribution in [0.4, 0.5) is 0 Å². The highest BCUT2D eigenvalue weighted by atomic mass is 79.9. The molecule has 0 fully saturated rings. The molecule has 1 N–H and O–H groups in total. The van der Waals surface area contributed by atoms with E-state index < -0.39 is 0 Å². The van der Waals surface area contributed by atoms with E-state index in [1.54, 1.807) is 0 Å². The van der Waals surface area contributed by atoms with Crippen molar-refractivity contribution in [2.75, 3.05) is 13.2 Å². The number of ether oxygens (including phenoxy) is 1. The van der Waals surface area contributed by atoms with Gasteiger partial charge in [0.25, 0.3) is 0 Å². The van der Waals surface area contributed by atoms with Gasteiger partial charge < -0.3 is 14.5 Å². The Morgan fingerprint density at radius 2 is 2.24 bits per heavy atom. The molecule has 5 nitrogen and oxygen atoms in total. The summed E-state index contributed by atoms with van der Waals surface area (Å²) in [5.74, 6) is 0.474. The summed E-state index contributed by atoms with van der Waals surface area (Å²) in [7, 11) is 0. The van der Waals surface area contributed by atoms with Crippen LogP contribution in [0.15, 0.2) is 29.0 Å². The van der Waals surface area contributed by atoms with E-state index >= 15 is 0 Å². The second kappa shape index (κ2) is 7.56. The van der Waals surface area contributed by atoms with E-state index in [9.17, 15) is 4.79 Å². The number of imidazole rings is 1. The summed E-state index contributed by atoms with van der Waals surface area (Å²) < 4.78 is 8.31. The Kier molecular flexibility index (Phi) is 5.76. The largest absolute Gasteiger partial charge is 0.381 e. The summed E-state index contributed by atoms with van der Waals surface area (Å²) in [6, 6.07) is 3.87. The van der Waals surface area contributed by atoms with Gasteiger partial charge in [-0.2, -0.15) is 0 Å². The maximum atomic E-state index is 11.7. The predicted molar refractivity (Wildman–Crippen MR) is 85.0 cm³/mol. The minimum absolute atomic E-state index is 0.0167. The van der Waals surface area contributed by atoms with Crippen molar-refractivity contribution in [1.29, 1.82) is 0 Å². The molecule has 0 saturated heterocycles. The van der Waals surface area contributed by atoms with Crippen LogP contribution in [0, 0.1) is 5.92 Å². The van der Waals surface area contributed by atoms with E-state index in [0.717, 1.165) is 15.8 Å². The van der Waals surface area contributed by atoms with Gasteiger partial charge in [0.05, 0.1) is 18.8 Å². The molecule has 0 radical (unpaired) electrons. The molecule has 2 heterocycles. The second-order valence-corrected chi connectivity index (χ2v) is 6.26. The number of pyridine rings is 1. The van der Waals surface area contributed by atoms with Crippen LogP contribution in [0.1, 0.15) is 26.0 Å². The van der Waals surface area contributed by atoms with Gasteiger partial charge in [0.2, 0.25) is 5.91 Å². The monoisotopic (exact) mass is 353 g/mol. The van der Waals surface area contributed by atoms with Crippen molar-refractivity contribution in [3.05, 3.63) is 34.7 Å². The minimum atomic E-state index is -0.0167. The quantitative estimate of drug-likeness (QED) is 0.778. The highest BCUT2D eigenvalue weighted by Gasteiger charge is 2.05. The zero-order valence-corrected chi connectivity index (χ0v) is 13.9. The Hall–Kier alpha value is -1.40. The van der Waals surface area contributed by atoms with Crippen molar-refractivity contribution in [3.63, 3.8) is 0 Å². The molecule has 0 atom stereocenters. The van der Waals surface area contributed by atoms with Crippen LogP contribution >= 0.6 is 15.9 Å². The number of fused-ring (bicyclic) bond motifs is 1. The molecule has 0 unspecified atom stereocenters. The van der Waals surface area contributed by atoms with Crippen molar-refractivity contribution in [3.8, 4) is 0 Å². The van der Waals surface area contributed by atoms with Crippen molar-refractivity contribution in [2.45, 2.75) is 26.8 Å². The number of carbonyl (C=O) groups excluding carboxylic acids is 1. The normalized spacial score (nSPS) is 11.2. The Labute approximate surface area is 132 Å². The number of amides is 1. The molecular formula is C15H20BrN3O2. The SMILES string of the molecule is CC(C)COCCC(=O)NCc1cn2cc(Br)ccc2n1. The third-order valence-electron chi connectivity index (χ3n) is 2.86. The van der Waals surface area contributed by atoms with Gasteiger partial charge in [-0.3, -0.25) is 4.79 Å². The van der Waals surface area contributed by atoms with Gasteiger partial charge in [0.15, 0.2) is 0 Å². The Morgan fingerprint density at radius 3 is 3.00 bits per heavy atom. The average molecular weight is 354 g/mol. The van der Waals surface area contributed by atoms with Crippen LogP contribution in [0.25, 0.3) is 5.65 Å². The van der Waals surface area contributed by atoms with Gasteiger partial charge in [-0.25, -0.2) is 4.98 Å². The number of aromatic nitrogens is 2. The lowest BCUT2D eigenvalue weighted by molar-refractivity contribution is -0.122. The predicted octanol–water partition coefficient (Wildman–Crippen LogP) is 2.78. The first kappa shape index (κ1) is 16.0. The van der Waals surface area contributed by atoms with Gasteiger partial charge >= 0.3 is 0 Å². The van der Waals surface area contributed by atoms with Crippen LogP contribution < -0.4 is 5.32 Å². The fourth-order valence-electron chi connectivity index (χ4n) is 1.86. The van der Waals surface area contributed by atoms with Crippen molar-refractivity contribution >= 4 is 27.5 Å². The van der Waals surface area contributed by atoms with E-state index in [1.807, 2.05) is 28.9 Å². The van der Waals surface area contributed by atoms with Gasteiger partial charge in [-0.1, -0.05) is 13.8 Å². The number of rotatable bonds is 7. The topological polar surface area (TPSA) is 55.6 Å². The van der Waals surface area contributed by atoms with Gasteiger partial charge in [-0.15, -0.1) is 0 Å². The molecular weight excluding hydrogens is 334 g/mol. The molecule has 0 aliphatic rings. The minimum Gasteiger partial charge on any atom is -0.381 e. The number of nitrogens with zero attached hydrogens (tertiary/aromatic N) is 2. The lowest BCUT2D eigenvalue weighted by Gasteiger charge is -2.06. The molecule has 6 heteroatoms. The van der Waals surface area contributed by atoms with Crippen LogP contribution in [0.3, 0.4) is 0 Å². The number of carbonyl (C=O) groups is 1. The zero-order valence-electron chi connectivity index (χ0n) is 12.3. The highest BCUT2D eigenvalue weighted by molar-refractivity contribution is 9.10. The first-order valence-electron chi connectivity index (χ1n) is 7.02. The fourth-order valence-corrected chi connectivity index (χ4v) is 2.22. The Bertz CT molecular complexity index is 610. The summed E-state index contributed by atoms with van der Waals surface area (Å²) in [5.41, 5.74) is 1.70. The fraction of sp³-hybridized carbons (Fsp3) is 0.467. The number of hydrogen-bond donors (Lipinski definition) is 1. The lowest BCUT2D eigenvalue weighted by atomic mass is 10.2. The maximum absolute atomic E-state index is 11.7. The van der Waals surface area contributed by atoms with E-state index in [1.165, 1.54) is 0 Å². The van der Waals surface area contributed by atoms with Crippen LogP contribution in [-0.4, -0.2) is 28.5 Å². The molecule has 0 aromatic carbocycles. The molecule has 1 amide bonds. The van der Waals surface area contributed by atoms with E-state index in [4.69, 9.17) is 4.74 Å². The van der Waals surface area contributed by atoms with Crippen LogP contribution in [0.5, 0.6) is 0 Å². The van der Waals surface area contributed by atoms with Gasteiger partial charge in [0.1, 0.15) is 5.65 Å². The second-order valence-electron chi connectivity index (χ2n) is 5.34. The molecule has 2 rings (SSSR count). The highest BCUT2D eigenvalue weighted by Crippen LogP contribution is 2.12. The summed E-state index contributed by atoms with van der Waals surface area (Å²) in [6.07, 6.45) is 4.23. The Balaban J connectivity index is 1.77. The molecule has 2 aromatic heterocycles. The lowest BCUT2D eigenvalue weighted by Crippen LogP contribution is -2.24. The molecule has 2 aromatic rings. The van der Waals surface area contributed by atoms with Crippen molar-refractivity contribution in [2.24, 2.45) is 5.92 Å². The number of halogens is 1. The maximum Gasteiger partial charge on any atom is 0.222 e. The zero-order chi connectivity index (χ0) is 15.2. The standard InChI is InChI=1S/C15H20BrN3O2/c1-11(2)10-21-6-5-15(20)17-7-13-9-19-8-12(16)3-4-14(19)18-13/h3-4,8-9,11H,5-7,10H2,1-2H3,(H,17,20). The molecule has 0 aliphatic heterocycles. The molecule has 0 bridgehead atoms. The van der Waals surface area contributed by atoms with Crippen molar-refractivity contribution in [1.82, 2.24) is 14.7 Å². The van der Waals surface area contributed by atoms with Gasteiger partial charge in [-0.05, 0) is 34.0 Å². The summed E-state index contributed by atoms with van der Waals surface area (Å²) >= 11 is 3.42. The third kappa shape index (κ3) is 5.13. The average Bonchev–Trinajstić information content (AvgIpc) is 2.83. The van der Waals surface area contributed by atoms with Crippen molar-refractivity contribution < 1.29 is 9.53 Å². The van der Waals surface area contributed by atoms with E-state index in [-0.39, 0.29) is 5.91 Å². The van der Waals surface area contributed by atoms with Crippen LogP contribution in [-0.2, 0) is 16.1 Å². The molecule has 0 spiro atoms. The van der Waals surface area contributed by atoms with E-state index in [0.29, 0.717) is 32.1 Å². The molecule has 0 aliphatic carbocycles. The number of hydrogen-bond acceptors (Lipinski definition) is 3. The summed E-state index contributed by atoms with van der Waals surface area (Å²) in [5, 5.41) is 2.86.